The highest BCUT2D eigenvalue weighted by molar-refractivity contribution is 8.25. The fraction of sp³-hybridized carbons (Fsp3) is 0.333. The summed E-state index contributed by atoms with van der Waals surface area (Å²) in [5.41, 5.74) is 2.72. The van der Waals surface area contributed by atoms with Crippen LogP contribution in [-0.2, 0) is 22.4 Å². The normalized spacial score (nSPS) is 20.7. The van der Waals surface area contributed by atoms with Crippen LogP contribution in [0.2, 0.25) is 0 Å². The van der Waals surface area contributed by atoms with Gasteiger partial charge in [0.1, 0.15) is 0 Å². The highest BCUT2D eigenvalue weighted by atomic mass is 32.2. The van der Waals surface area contributed by atoms with Crippen molar-refractivity contribution in [3.8, 4) is 0 Å². The summed E-state index contributed by atoms with van der Waals surface area (Å²) in [7, 11) is 0. The van der Waals surface area contributed by atoms with Gasteiger partial charge >= 0.3 is 0 Å². The predicted octanol–water partition coefficient (Wildman–Crippen LogP) is 7.74. The molecule has 0 N–H and O–H groups in total. The molecule has 1 aromatic rings. The molecule has 2 nitrogen and oxygen atoms in total. The number of thioether (sulfide) groups is 6. The van der Waals surface area contributed by atoms with Crippen molar-refractivity contribution in [3.63, 3.8) is 0 Å². The van der Waals surface area contributed by atoms with Crippen molar-refractivity contribution < 1.29 is 9.59 Å². The molecular weight excluding hydrogens is 513 g/mol. The van der Waals surface area contributed by atoms with Crippen LogP contribution in [0.25, 0.3) is 0 Å². The van der Waals surface area contributed by atoms with E-state index in [1.807, 2.05) is 47.0 Å². The highest BCUT2D eigenvalue weighted by Crippen LogP contribution is 2.49. The topological polar surface area (TPSA) is 34.1 Å². The lowest BCUT2D eigenvalue weighted by molar-refractivity contribution is -0.107. The standard InChI is InChI=1S/C24H26O2S6/c1-5-21(25)27-13-19-15(3)29-23(31-19)11-17-8-7-9-18(10-17)12-24-30-16(4)20(32-24)14-28-22(26)6-2/h5-10,23-24H,1-2,11-14H2,3-4H3. The Morgan fingerprint density at radius 3 is 1.69 bits per heavy atom. The van der Waals surface area contributed by atoms with Gasteiger partial charge in [-0.15, -0.1) is 47.0 Å². The van der Waals surface area contributed by atoms with E-state index in [1.165, 1.54) is 66.4 Å². The van der Waals surface area contributed by atoms with Gasteiger partial charge in [0.25, 0.3) is 0 Å². The lowest BCUT2D eigenvalue weighted by Gasteiger charge is -2.13. The fourth-order valence-corrected chi connectivity index (χ4v) is 11.2. The van der Waals surface area contributed by atoms with Crippen molar-refractivity contribution in [2.45, 2.75) is 35.9 Å². The molecule has 0 saturated carbocycles. The van der Waals surface area contributed by atoms with E-state index in [2.05, 4.69) is 51.3 Å². The molecule has 0 spiro atoms. The van der Waals surface area contributed by atoms with Gasteiger partial charge in [-0.2, -0.15) is 0 Å². The predicted molar refractivity (Wildman–Crippen MR) is 153 cm³/mol. The number of carbonyl (C=O) groups excluding carboxylic acids is 2. The minimum absolute atomic E-state index is 0.0356. The number of allylic oxidation sites excluding steroid dienone is 2. The molecule has 2 unspecified atom stereocenters. The second kappa shape index (κ2) is 12.9. The quantitative estimate of drug-likeness (QED) is 0.280. The monoisotopic (exact) mass is 538 g/mol. The molecule has 8 heteroatoms. The first-order valence-electron chi connectivity index (χ1n) is 10.1. The molecule has 0 bridgehead atoms. The molecular formula is C24H26O2S6. The molecule has 2 aliphatic rings. The first kappa shape index (κ1) is 26.2. The Balaban J connectivity index is 1.50. The Kier molecular flexibility index (Phi) is 10.6. The van der Waals surface area contributed by atoms with E-state index in [4.69, 9.17) is 0 Å². The Morgan fingerprint density at radius 1 is 0.844 bits per heavy atom. The summed E-state index contributed by atoms with van der Waals surface area (Å²) in [4.78, 5) is 28.4. The summed E-state index contributed by atoms with van der Waals surface area (Å²) in [6, 6.07) is 8.94. The van der Waals surface area contributed by atoms with Crippen molar-refractivity contribution in [1.82, 2.24) is 0 Å². The smallest absolute Gasteiger partial charge is 0.211 e. The van der Waals surface area contributed by atoms with Crippen molar-refractivity contribution in [3.05, 3.63) is 80.3 Å². The minimum atomic E-state index is 0.0356. The lowest BCUT2D eigenvalue weighted by atomic mass is 10.1. The number of rotatable bonds is 10. The number of carbonyl (C=O) groups is 2. The van der Waals surface area contributed by atoms with Crippen molar-refractivity contribution in [1.29, 1.82) is 0 Å². The molecule has 170 valence electrons. The maximum atomic E-state index is 11.5. The van der Waals surface area contributed by atoms with Gasteiger partial charge in [-0.25, -0.2) is 0 Å². The summed E-state index contributed by atoms with van der Waals surface area (Å²) in [5.74, 6) is 1.48. The van der Waals surface area contributed by atoms with Gasteiger partial charge in [0.05, 0.1) is 9.16 Å². The molecule has 0 saturated heterocycles. The molecule has 0 aliphatic carbocycles. The van der Waals surface area contributed by atoms with Gasteiger partial charge in [-0.3, -0.25) is 9.59 Å². The van der Waals surface area contributed by atoms with Gasteiger partial charge in [0.2, 0.25) is 10.2 Å². The second-order valence-electron chi connectivity index (χ2n) is 7.14. The molecule has 1 aromatic carbocycles. The van der Waals surface area contributed by atoms with Crippen LogP contribution in [0.1, 0.15) is 25.0 Å². The number of hydrogen-bond acceptors (Lipinski definition) is 8. The first-order valence-corrected chi connectivity index (χ1v) is 15.6. The maximum absolute atomic E-state index is 11.5. The molecule has 2 atom stereocenters. The van der Waals surface area contributed by atoms with Gasteiger partial charge in [0, 0.05) is 21.3 Å². The summed E-state index contributed by atoms with van der Waals surface area (Å²) in [6.07, 6.45) is 4.80. The van der Waals surface area contributed by atoms with Crippen molar-refractivity contribution in [2.75, 3.05) is 11.5 Å². The first-order chi connectivity index (χ1) is 15.4. The van der Waals surface area contributed by atoms with Crippen LogP contribution in [0.3, 0.4) is 0 Å². The summed E-state index contributed by atoms with van der Waals surface area (Å²) in [5, 5.41) is 0.0713. The molecule has 3 rings (SSSR count). The second-order valence-corrected chi connectivity index (χ2v) is 15.1. The fourth-order valence-electron chi connectivity index (χ4n) is 3.15. The van der Waals surface area contributed by atoms with Crippen LogP contribution in [-0.4, -0.2) is 30.9 Å². The zero-order valence-electron chi connectivity index (χ0n) is 18.1. The van der Waals surface area contributed by atoms with Crippen LogP contribution in [0.15, 0.2) is 69.2 Å². The van der Waals surface area contributed by atoms with Crippen molar-refractivity contribution >= 4 is 80.8 Å². The summed E-state index contributed by atoms with van der Waals surface area (Å²) < 4.78 is 0.926. The SMILES string of the molecule is C=CC(=O)SCC1=C(C)SC(Cc2cccc(CC3SC(C)=C(CSC(=O)C=C)S3)c2)S1. The van der Waals surface area contributed by atoms with Gasteiger partial charge < -0.3 is 0 Å². The third-order valence-corrected chi connectivity index (χ3v) is 12.7. The number of hydrogen-bond donors (Lipinski definition) is 0. The molecule has 0 fully saturated rings. The van der Waals surface area contributed by atoms with E-state index in [0.29, 0.717) is 9.16 Å². The van der Waals surface area contributed by atoms with Crippen LogP contribution in [0.4, 0.5) is 0 Å². The third-order valence-electron chi connectivity index (χ3n) is 4.77. The molecule has 0 radical (unpaired) electrons. The molecule has 0 amide bonds. The Morgan fingerprint density at radius 2 is 1.28 bits per heavy atom. The Bertz CT molecular complexity index is 892. The van der Waals surface area contributed by atoms with Gasteiger partial charge in [0.15, 0.2) is 0 Å². The number of benzene rings is 1. The van der Waals surface area contributed by atoms with Crippen LogP contribution >= 0.6 is 70.6 Å². The van der Waals surface area contributed by atoms with E-state index in [0.717, 1.165) is 24.3 Å². The molecule has 2 heterocycles. The highest BCUT2D eigenvalue weighted by Gasteiger charge is 2.26. The largest absolute Gasteiger partial charge is 0.282 e. The van der Waals surface area contributed by atoms with Crippen molar-refractivity contribution in [2.24, 2.45) is 0 Å². The van der Waals surface area contributed by atoms with E-state index >= 15 is 0 Å². The lowest BCUT2D eigenvalue weighted by Crippen LogP contribution is -2.03. The average Bonchev–Trinajstić information content (AvgIpc) is 3.31. The van der Waals surface area contributed by atoms with E-state index in [1.54, 1.807) is 0 Å². The van der Waals surface area contributed by atoms with E-state index in [-0.39, 0.29) is 10.2 Å². The van der Waals surface area contributed by atoms with Crippen LogP contribution < -0.4 is 0 Å². The minimum Gasteiger partial charge on any atom is -0.282 e. The van der Waals surface area contributed by atoms with E-state index < -0.39 is 0 Å². The van der Waals surface area contributed by atoms with Gasteiger partial charge in [-0.05, 0) is 59.8 Å². The molecule has 2 aliphatic heterocycles. The summed E-state index contributed by atoms with van der Waals surface area (Å²) in [6.45, 7) is 11.4. The zero-order valence-corrected chi connectivity index (χ0v) is 23.0. The van der Waals surface area contributed by atoms with E-state index in [9.17, 15) is 9.59 Å². The molecule has 32 heavy (non-hydrogen) atoms. The van der Waals surface area contributed by atoms with Crippen LogP contribution in [0, 0.1) is 0 Å². The Labute approximate surface area is 216 Å². The zero-order chi connectivity index (χ0) is 23.1. The summed E-state index contributed by atoms with van der Waals surface area (Å²) >= 11 is 10.3. The van der Waals surface area contributed by atoms with Crippen LogP contribution in [0.5, 0.6) is 0 Å². The average molecular weight is 539 g/mol. The third kappa shape index (κ3) is 7.84. The maximum Gasteiger partial charge on any atom is 0.211 e. The Hall–Kier alpha value is -0.380. The molecule has 0 aromatic heterocycles. The van der Waals surface area contributed by atoms with Gasteiger partial charge in [-0.1, -0.05) is 60.9 Å².